The molecule has 2 aromatic rings. The summed E-state index contributed by atoms with van der Waals surface area (Å²) in [6.07, 6.45) is 0. The number of carbonyl (C=O) groups excluding carboxylic acids is 2. The Morgan fingerprint density at radius 2 is 1.91 bits per heavy atom. The van der Waals surface area contributed by atoms with E-state index in [0.29, 0.717) is 27.1 Å². The number of nitrogens with one attached hydrogen (secondary N) is 3. The molecule has 0 aliphatic heterocycles. The Morgan fingerprint density at radius 1 is 1.22 bits per heavy atom. The molecule has 0 fully saturated rings. The summed E-state index contributed by atoms with van der Waals surface area (Å²) in [5.41, 5.74) is 1.43. The highest BCUT2D eigenvalue weighted by molar-refractivity contribution is 7.19. The fraction of sp³-hybridized carbons (Fsp3) is 0.267. The lowest BCUT2D eigenvalue weighted by atomic mass is 10.1. The Labute approximate surface area is 137 Å². The van der Waals surface area contributed by atoms with Crippen LogP contribution < -0.4 is 15.6 Å². The maximum atomic E-state index is 12.4. The van der Waals surface area contributed by atoms with Crippen LogP contribution in [-0.2, 0) is 4.79 Å². The molecule has 0 saturated heterocycles. The van der Waals surface area contributed by atoms with Gasteiger partial charge in [0, 0.05) is 12.8 Å². The van der Waals surface area contributed by atoms with E-state index < -0.39 is 0 Å². The van der Waals surface area contributed by atoms with E-state index >= 15 is 0 Å². The van der Waals surface area contributed by atoms with Crippen LogP contribution in [0.4, 0.5) is 15.8 Å². The number of nitrogens with zero attached hydrogens (tertiary/aromatic N) is 1. The number of thiazole rings is 1. The molecule has 1 aromatic heterocycles. The van der Waals surface area contributed by atoms with Gasteiger partial charge in [-0.15, -0.1) is 4.91 Å². The van der Waals surface area contributed by atoms with E-state index in [1.165, 1.54) is 6.92 Å². The second-order valence-electron chi connectivity index (χ2n) is 5.20. The first kappa shape index (κ1) is 16.8. The normalized spacial score (nSPS) is 10.4. The second-order valence-corrected chi connectivity index (χ2v) is 6.20. The maximum Gasteiger partial charge on any atom is 0.341 e. The molecule has 0 spiro atoms. The van der Waals surface area contributed by atoms with E-state index in [-0.39, 0.29) is 17.7 Å². The van der Waals surface area contributed by atoms with Crippen LogP contribution >= 0.6 is 11.3 Å². The minimum atomic E-state index is -0.389. The smallest absolute Gasteiger partial charge is 0.326 e. The van der Waals surface area contributed by atoms with Gasteiger partial charge >= 0.3 is 11.0 Å². The van der Waals surface area contributed by atoms with Crippen molar-refractivity contribution in [2.75, 3.05) is 10.6 Å². The van der Waals surface area contributed by atoms with Gasteiger partial charge in [0.1, 0.15) is 5.69 Å². The highest BCUT2D eigenvalue weighted by Crippen LogP contribution is 2.32. The molecule has 2 rings (SSSR count). The predicted octanol–water partition coefficient (Wildman–Crippen LogP) is 3.29. The molecular formula is C15H17N4O3S+. The number of carbonyl (C=O) groups is 2. The molecule has 0 aliphatic rings. The maximum absolute atomic E-state index is 12.4. The number of anilines is 2. The first-order valence-electron chi connectivity index (χ1n) is 6.99. The van der Waals surface area contributed by atoms with Crippen LogP contribution in [0.3, 0.4) is 0 Å². The van der Waals surface area contributed by atoms with Crippen LogP contribution in [0.15, 0.2) is 29.4 Å². The van der Waals surface area contributed by atoms with E-state index in [2.05, 4.69) is 20.8 Å². The van der Waals surface area contributed by atoms with Gasteiger partial charge in [-0.25, -0.2) is 9.78 Å². The lowest BCUT2D eigenvalue weighted by molar-refractivity contribution is -0.368. The minimum Gasteiger partial charge on any atom is -0.326 e. The summed E-state index contributed by atoms with van der Waals surface area (Å²) >= 11 is 1.08. The number of hydrogen-bond acceptors (Lipinski definition) is 5. The number of nitroso groups, excluding NO2 is 1. The molecule has 1 aromatic carbocycles. The van der Waals surface area contributed by atoms with Gasteiger partial charge in [0.05, 0.1) is 11.3 Å². The number of para-hydroxylation sites is 1. The third-order valence-corrected chi connectivity index (χ3v) is 3.94. The first-order valence-corrected chi connectivity index (χ1v) is 7.81. The van der Waals surface area contributed by atoms with Crippen molar-refractivity contribution in [2.45, 2.75) is 26.7 Å². The topological polar surface area (TPSA) is 102 Å². The Morgan fingerprint density at radius 3 is 2.48 bits per heavy atom. The molecule has 2 amide bonds. The number of H-pyrrole nitrogens is 1. The number of aromatic nitrogens is 1. The standard InChI is InChI=1S/C15H16N4O3S/c1-8(2)12-14(19-22)23-15(17-12)18-13(21)10-6-4-5-7-11(10)16-9(3)20/h4-8H,1-3H3,(H,16,20)(H,17,18,21)/p+1. The summed E-state index contributed by atoms with van der Waals surface area (Å²) in [5, 5.41) is 9.02. The van der Waals surface area contributed by atoms with Crippen LogP contribution in [0.25, 0.3) is 0 Å². The zero-order valence-electron chi connectivity index (χ0n) is 13.0. The molecule has 0 atom stereocenters. The zero-order valence-corrected chi connectivity index (χ0v) is 13.8. The fourth-order valence-electron chi connectivity index (χ4n) is 2.02. The van der Waals surface area contributed by atoms with Crippen molar-refractivity contribution < 1.29 is 14.6 Å². The van der Waals surface area contributed by atoms with Crippen molar-refractivity contribution >= 4 is 39.0 Å². The van der Waals surface area contributed by atoms with Crippen molar-refractivity contribution in [1.82, 2.24) is 0 Å². The molecule has 8 heteroatoms. The Bertz CT molecular complexity index is 755. The first-order chi connectivity index (χ1) is 10.9. The highest BCUT2D eigenvalue weighted by Gasteiger charge is 2.23. The molecule has 0 radical (unpaired) electrons. The summed E-state index contributed by atoms with van der Waals surface area (Å²) in [7, 11) is 0. The fourth-order valence-corrected chi connectivity index (χ4v) is 2.95. The summed E-state index contributed by atoms with van der Waals surface area (Å²) in [5.74, 6) is -0.571. The third kappa shape index (κ3) is 3.98. The summed E-state index contributed by atoms with van der Waals surface area (Å²) in [6, 6.07) is 6.68. The van der Waals surface area contributed by atoms with Gasteiger partial charge in [0.15, 0.2) is 0 Å². The van der Waals surface area contributed by atoms with Gasteiger partial charge in [-0.1, -0.05) is 26.0 Å². The SMILES string of the molecule is CC(=O)Nc1ccccc1C(=O)Nc1[nH+]c(C(C)C)c(N=O)s1. The van der Waals surface area contributed by atoms with Crippen molar-refractivity contribution in [2.24, 2.45) is 5.18 Å². The van der Waals surface area contributed by atoms with E-state index in [0.717, 1.165) is 11.3 Å². The molecule has 0 saturated carbocycles. The van der Waals surface area contributed by atoms with E-state index in [9.17, 15) is 14.5 Å². The van der Waals surface area contributed by atoms with Crippen molar-refractivity contribution in [3.8, 4) is 0 Å². The Kier molecular flexibility index (Phi) is 5.17. The highest BCUT2D eigenvalue weighted by atomic mass is 32.1. The average molecular weight is 333 g/mol. The molecule has 0 unspecified atom stereocenters. The van der Waals surface area contributed by atoms with Crippen LogP contribution in [-0.4, -0.2) is 11.8 Å². The van der Waals surface area contributed by atoms with Gasteiger partial charge in [-0.3, -0.25) is 4.79 Å². The van der Waals surface area contributed by atoms with Gasteiger partial charge in [-0.05, 0) is 28.6 Å². The van der Waals surface area contributed by atoms with Crippen molar-refractivity contribution in [3.05, 3.63) is 40.4 Å². The van der Waals surface area contributed by atoms with E-state index in [1.807, 2.05) is 13.8 Å². The van der Waals surface area contributed by atoms with E-state index in [1.54, 1.807) is 24.3 Å². The number of hydrogen-bond donors (Lipinski definition) is 2. The van der Waals surface area contributed by atoms with Crippen LogP contribution in [0.1, 0.15) is 42.7 Å². The molecule has 120 valence electrons. The van der Waals surface area contributed by atoms with Crippen LogP contribution in [0, 0.1) is 4.91 Å². The molecule has 23 heavy (non-hydrogen) atoms. The quantitative estimate of drug-likeness (QED) is 0.821. The molecule has 3 N–H and O–H groups in total. The molecule has 1 heterocycles. The van der Waals surface area contributed by atoms with Gasteiger partial charge in [0.25, 0.3) is 0 Å². The van der Waals surface area contributed by atoms with Crippen molar-refractivity contribution in [3.63, 3.8) is 0 Å². The third-order valence-electron chi connectivity index (χ3n) is 3.05. The predicted molar refractivity (Wildman–Crippen MR) is 89.1 cm³/mol. The lowest BCUT2D eigenvalue weighted by Gasteiger charge is -2.06. The minimum absolute atomic E-state index is 0.0799. The van der Waals surface area contributed by atoms with Crippen molar-refractivity contribution in [1.29, 1.82) is 0 Å². The summed E-state index contributed by atoms with van der Waals surface area (Å²) in [6.45, 7) is 5.22. The molecule has 0 bridgehead atoms. The number of aromatic amines is 1. The average Bonchev–Trinajstić information content (AvgIpc) is 2.90. The van der Waals surface area contributed by atoms with E-state index in [4.69, 9.17) is 0 Å². The number of rotatable bonds is 5. The van der Waals surface area contributed by atoms with Crippen LogP contribution in [0.2, 0.25) is 0 Å². The second kappa shape index (κ2) is 7.10. The van der Waals surface area contributed by atoms with Crippen LogP contribution in [0.5, 0.6) is 0 Å². The Hall–Kier alpha value is -2.61. The molecular weight excluding hydrogens is 316 g/mol. The summed E-state index contributed by atoms with van der Waals surface area (Å²) in [4.78, 5) is 37.5. The molecule has 7 nitrogen and oxygen atoms in total. The largest absolute Gasteiger partial charge is 0.341 e. The Balaban J connectivity index is 2.26. The molecule has 0 aliphatic carbocycles. The monoisotopic (exact) mass is 333 g/mol. The number of amides is 2. The number of benzene rings is 1. The van der Waals surface area contributed by atoms with Gasteiger partial charge in [0.2, 0.25) is 10.9 Å². The van der Waals surface area contributed by atoms with Gasteiger partial charge in [-0.2, -0.15) is 5.32 Å². The zero-order chi connectivity index (χ0) is 17.0. The van der Waals surface area contributed by atoms with Gasteiger partial charge < -0.3 is 5.32 Å². The lowest BCUT2D eigenvalue weighted by Crippen LogP contribution is -2.20. The summed E-state index contributed by atoms with van der Waals surface area (Å²) < 4.78 is 0.